The van der Waals surface area contributed by atoms with Crippen molar-refractivity contribution in [2.24, 2.45) is 5.92 Å². The van der Waals surface area contributed by atoms with Gasteiger partial charge < -0.3 is 20.1 Å². The van der Waals surface area contributed by atoms with Crippen LogP contribution in [0.4, 0.5) is 9.59 Å². The predicted octanol–water partition coefficient (Wildman–Crippen LogP) is 4.80. The van der Waals surface area contributed by atoms with E-state index < -0.39 is 11.3 Å². The summed E-state index contributed by atoms with van der Waals surface area (Å²) in [6.45, 7) is 12.7. The van der Waals surface area contributed by atoms with Crippen molar-refractivity contribution in [3.05, 3.63) is 0 Å². The van der Waals surface area contributed by atoms with Crippen molar-refractivity contribution in [2.75, 3.05) is 13.1 Å². The van der Waals surface area contributed by atoms with E-state index in [1.165, 1.54) is 32.1 Å². The summed E-state index contributed by atoms with van der Waals surface area (Å²) >= 11 is 0. The fourth-order valence-corrected chi connectivity index (χ4v) is 4.74. The summed E-state index contributed by atoms with van der Waals surface area (Å²) in [6.07, 6.45) is 8.53. The van der Waals surface area contributed by atoms with Crippen LogP contribution in [0.15, 0.2) is 0 Å². The number of amides is 3. The van der Waals surface area contributed by atoms with E-state index in [1.807, 2.05) is 46.4 Å². The molecular formula is C23H43N3O4. The largest absolute Gasteiger partial charge is 0.444 e. The maximum atomic E-state index is 13.1. The molecule has 2 rings (SSSR count). The van der Waals surface area contributed by atoms with Crippen molar-refractivity contribution >= 4 is 12.1 Å². The Bertz CT molecular complexity index is 567. The van der Waals surface area contributed by atoms with Gasteiger partial charge in [-0.2, -0.15) is 0 Å². The minimum Gasteiger partial charge on any atom is -0.444 e. The highest BCUT2D eigenvalue weighted by atomic mass is 16.6. The quantitative estimate of drug-likeness (QED) is 0.574. The topological polar surface area (TPSA) is 79.9 Å². The minimum atomic E-state index is -0.709. The number of carbonyl (C=O) groups is 2. The normalized spacial score (nSPS) is 24.5. The Balaban J connectivity index is 2.07. The van der Waals surface area contributed by atoms with E-state index in [9.17, 15) is 9.59 Å². The lowest BCUT2D eigenvalue weighted by Crippen LogP contribution is -2.50. The summed E-state index contributed by atoms with van der Waals surface area (Å²) in [5, 5.41) is 5.62. The lowest BCUT2D eigenvalue weighted by Gasteiger charge is -2.37. The zero-order valence-electron chi connectivity index (χ0n) is 19.9. The van der Waals surface area contributed by atoms with E-state index in [0.29, 0.717) is 19.0 Å². The zero-order valence-corrected chi connectivity index (χ0v) is 19.9. The number of urea groups is 1. The second-order valence-electron chi connectivity index (χ2n) is 10.2. The number of nitrogens with one attached hydrogen (secondary N) is 2. The highest BCUT2D eigenvalue weighted by molar-refractivity contribution is 5.73. The highest BCUT2D eigenvalue weighted by Crippen LogP contribution is 2.40. The lowest BCUT2D eigenvalue weighted by molar-refractivity contribution is -0.0801. The molecule has 2 N–H and O–H groups in total. The van der Waals surface area contributed by atoms with Gasteiger partial charge in [0.15, 0.2) is 0 Å². The first-order chi connectivity index (χ1) is 14.0. The molecular weight excluding hydrogens is 382 g/mol. The van der Waals surface area contributed by atoms with E-state index in [4.69, 9.17) is 9.47 Å². The van der Waals surface area contributed by atoms with Gasteiger partial charge in [0.25, 0.3) is 0 Å². The Morgan fingerprint density at radius 1 is 1.13 bits per heavy atom. The maximum absolute atomic E-state index is 13.1. The molecule has 0 radical (unpaired) electrons. The van der Waals surface area contributed by atoms with Crippen LogP contribution in [0.1, 0.15) is 92.9 Å². The molecule has 0 aromatic heterocycles. The summed E-state index contributed by atoms with van der Waals surface area (Å²) in [7, 11) is 0. The first-order valence-corrected chi connectivity index (χ1v) is 11.8. The van der Waals surface area contributed by atoms with Crippen LogP contribution in [-0.4, -0.2) is 53.6 Å². The van der Waals surface area contributed by atoms with Gasteiger partial charge in [-0.15, -0.1) is 0 Å². The van der Waals surface area contributed by atoms with Gasteiger partial charge in [-0.1, -0.05) is 32.1 Å². The Morgan fingerprint density at radius 2 is 1.80 bits per heavy atom. The van der Waals surface area contributed by atoms with E-state index in [1.54, 1.807) is 0 Å². The molecule has 1 aliphatic heterocycles. The average molecular weight is 426 g/mol. The molecule has 1 aliphatic carbocycles. The molecule has 1 saturated heterocycles. The van der Waals surface area contributed by atoms with Crippen molar-refractivity contribution < 1.29 is 19.1 Å². The number of nitrogens with zero attached hydrogens (tertiary/aromatic N) is 1. The molecule has 2 atom stereocenters. The van der Waals surface area contributed by atoms with Crippen LogP contribution in [0.2, 0.25) is 0 Å². The summed E-state index contributed by atoms with van der Waals surface area (Å²) in [4.78, 5) is 26.6. The highest BCUT2D eigenvalue weighted by Gasteiger charge is 2.51. The first kappa shape index (κ1) is 24.8. The van der Waals surface area contributed by atoms with Crippen molar-refractivity contribution in [1.29, 1.82) is 0 Å². The molecule has 2 aliphatic rings. The van der Waals surface area contributed by atoms with Gasteiger partial charge in [-0.3, -0.25) is 4.90 Å². The SMILES string of the molecule is CCNC(=O)NCCCC1OC(C)(C)N(C(=O)OC(C)(C)C)C1CC1CCCCC1. The number of hydrogen-bond donors (Lipinski definition) is 2. The molecule has 30 heavy (non-hydrogen) atoms. The van der Waals surface area contributed by atoms with Crippen molar-refractivity contribution in [1.82, 2.24) is 15.5 Å². The standard InChI is InChI=1S/C23H43N3O4/c1-7-24-20(27)25-15-11-14-19-18(16-17-12-9-8-10-13-17)26(23(5,6)29-19)21(28)30-22(2,3)4/h17-19H,7-16H2,1-6H3,(H2,24,25,27). The summed E-state index contributed by atoms with van der Waals surface area (Å²) < 4.78 is 12.2. The average Bonchev–Trinajstić information content (AvgIpc) is 2.88. The summed E-state index contributed by atoms with van der Waals surface area (Å²) in [5.41, 5.74) is -1.25. The molecule has 0 aromatic rings. The van der Waals surface area contributed by atoms with Gasteiger partial charge in [-0.25, -0.2) is 9.59 Å². The van der Waals surface area contributed by atoms with Crippen LogP contribution < -0.4 is 10.6 Å². The van der Waals surface area contributed by atoms with Gasteiger partial charge in [-0.05, 0) is 66.7 Å². The van der Waals surface area contributed by atoms with Crippen molar-refractivity contribution in [3.8, 4) is 0 Å². The molecule has 7 nitrogen and oxygen atoms in total. The fourth-order valence-electron chi connectivity index (χ4n) is 4.74. The second kappa shape index (κ2) is 10.7. The first-order valence-electron chi connectivity index (χ1n) is 11.8. The molecule has 0 bridgehead atoms. The van der Waals surface area contributed by atoms with Gasteiger partial charge in [0.05, 0.1) is 12.1 Å². The van der Waals surface area contributed by atoms with E-state index in [-0.39, 0.29) is 24.3 Å². The third-order valence-electron chi connectivity index (χ3n) is 5.96. The second-order valence-corrected chi connectivity index (χ2v) is 10.2. The lowest BCUT2D eigenvalue weighted by atomic mass is 9.83. The molecule has 7 heteroatoms. The number of carbonyl (C=O) groups excluding carboxylic acids is 2. The van der Waals surface area contributed by atoms with Crippen LogP contribution in [0, 0.1) is 5.92 Å². The van der Waals surface area contributed by atoms with Gasteiger partial charge in [0.2, 0.25) is 0 Å². The molecule has 3 amide bonds. The van der Waals surface area contributed by atoms with E-state index in [0.717, 1.165) is 19.3 Å². The van der Waals surface area contributed by atoms with Gasteiger partial charge >= 0.3 is 12.1 Å². The third kappa shape index (κ3) is 7.33. The Hall–Kier alpha value is -1.50. The molecule has 1 saturated carbocycles. The minimum absolute atomic E-state index is 0.00224. The predicted molar refractivity (Wildman–Crippen MR) is 118 cm³/mol. The Kier molecular flexibility index (Phi) is 8.83. The van der Waals surface area contributed by atoms with Crippen LogP contribution in [0.3, 0.4) is 0 Å². The maximum Gasteiger partial charge on any atom is 0.412 e. The van der Waals surface area contributed by atoms with Gasteiger partial charge in [0.1, 0.15) is 11.3 Å². The van der Waals surface area contributed by atoms with Crippen LogP contribution in [0.5, 0.6) is 0 Å². The van der Waals surface area contributed by atoms with E-state index >= 15 is 0 Å². The van der Waals surface area contributed by atoms with Crippen LogP contribution in [-0.2, 0) is 9.47 Å². The van der Waals surface area contributed by atoms with Crippen LogP contribution in [0.25, 0.3) is 0 Å². The molecule has 0 spiro atoms. The fraction of sp³-hybridized carbons (Fsp3) is 0.913. The number of ether oxygens (including phenoxy) is 2. The number of rotatable bonds is 7. The molecule has 2 fully saturated rings. The smallest absolute Gasteiger partial charge is 0.412 e. The summed E-state index contributed by atoms with van der Waals surface area (Å²) in [6, 6.07) is -0.137. The molecule has 2 unspecified atom stereocenters. The Morgan fingerprint density at radius 3 is 2.40 bits per heavy atom. The van der Waals surface area contributed by atoms with Crippen LogP contribution >= 0.6 is 0 Å². The van der Waals surface area contributed by atoms with Gasteiger partial charge in [0, 0.05) is 13.1 Å². The van der Waals surface area contributed by atoms with Crippen molar-refractivity contribution in [2.45, 2.75) is 116 Å². The zero-order chi connectivity index (χ0) is 22.4. The Labute approximate surface area is 182 Å². The third-order valence-corrected chi connectivity index (χ3v) is 5.96. The summed E-state index contributed by atoms with van der Waals surface area (Å²) in [5.74, 6) is 0.627. The van der Waals surface area contributed by atoms with E-state index in [2.05, 4.69) is 10.6 Å². The molecule has 1 heterocycles. The monoisotopic (exact) mass is 425 g/mol. The molecule has 0 aromatic carbocycles. The van der Waals surface area contributed by atoms with Crippen molar-refractivity contribution in [3.63, 3.8) is 0 Å². The molecule has 174 valence electrons. The number of hydrogen-bond acceptors (Lipinski definition) is 4.